The molecule has 0 saturated heterocycles. The van der Waals surface area contributed by atoms with E-state index in [-0.39, 0.29) is 28.2 Å². The number of nitrogens with two attached hydrogens (primary N) is 1. The van der Waals surface area contributed by atoms with Crippen LogP contribution in [-0.2, 0) is 0 Å². The van der Waals surface area contributed by atoms with Crippen LogP contribution >= 0.6 is 0 Å². The molecule has 3 N–H and O–H groups in total. The Bertz CT molecular complexity index is 1310. The zero-order valence-electron chi connectivity index (χ0n) is 16.0. The lowest BCUT2D eigenvalue weighted by atomic mass is 10.0. The van der Waals surface area contributed by atoms with E-state index in [9.17, 15) is 23.1 Å². The zero-order valence-corrected chi connectivity index (χ0v) is 16.0. The van der Waals surface area contributed by atoms with Crippen LogP contribution in [0.15, 0.2) is 48.8 Å². The predicted octanol–water partition coefficient (Wildman–Crippen LogP) is 4.26. The highest BCUT2D eigenvalue weighted by Crippen LogP contribution is 2.33. The van der Waals surface area contributed by atoms with Crippen LogP contribution in [0.1, 0.15) is 28.9 Å². The number of halogens is 3. The number of carboxylic acids is 1. The summed E-state index contributed by atoms with van der Waals surface area (Å²) in [6.07, 6.45) is 2.19. The van der Waals surface area contributed by atoms with Crippen molar-refractivity contribution in [1.82, 2.24) is 14.8 Å². The molecule has 0 fully saturated rings. The molecule has 158 valence electrons. The van der Waals surface area contributed by atoms with Crippen LogP contribution in [0.3, 0.4) is 0 Å². The molecule has 0 bridgehead atoms. The minimum atomic E-state index is -1.45. The van der Waals surface area contributed by atoms with Gasteiger partial charge in [0.1, 0.15) is 23.3 Å². The van der Waals surface area contributed by atoms with E-state index in [0.717, 1.165) is 18.2 Å². The number of rotatable bonds is 5. The van der Waals surface area contributed by atoms with Crippen molar-refractivity contribution in [2.24, 2.45) is 0 Å². The van der Waals surface area contributed by atoms with E-state index in [1.54, 1.807) is 19.2 Å². The Morgan fingerprint density at radius 1 is 1.16 bits per heavy atom. The van der Waals surface area contributed by atoms with Gasteiger partial charge in [0, 0.05) is 35.5 Å². The smallest absolute Gasteiger partial charge is 0.338 e. The third-order valence-electron chi connectivity index (χ3n) is 4.67. The molecule has 0 radical (unpaired) electrons. The number of carboxylic acid groups (broad SMARTS) is 1. The minimum absolute atomic E-state index is 0.0256. The molecule has 4 rings (SSSR count). The summed E-state index contributed by atoms with van der Waals surface area (Å²) in [5.41, 5.74) is 5.77. The largest absolute Gasteiger partial charge is 0.482 e. The van der Waals surface area contributed by atoms with Crippen LogP contribution in [0, 0.1) is 17.5 Å². The molecule has 2 heterocycles. The highest BCUT2D eigenvalue weighted by molar-refractivity contribution is 5.88. The van der Waals surface area contributed by atoms with E-state index in [0.29, 0.717) is 11.6 Å². The second-order valence-electron chi connectivity index (χ2n) is 6.74. The summed E-state index contributed by atoms with van der Waals surface area (Å²) in [4.78, 5) is 15.3. The third kappa shape index (κ3) is 3.75. The van der Waals surface area contributed by atoms with Crippen molar-refractivity contribution in [3.8, 4) is 11.4 Å². The molecular formula is C21H15F3N4O3. The first kappa shape index (κ1) is 20.2. The van der Waals surface area contributed by atoms with Gasteiger partial charge in [-0.15, -0.1) is 0 Å². The number of aromatic nitrogens is 3. The average molecular weight is 428 g/mol. The zero-order chi connectivity index (χ0) is 22.3. The molecule has 7 nitrogen and oxygen atoms in total. The number of hydrogen-bond donors (Lipinski definition) is 2. The summed E-state index contributed by atoms with van der Waals surface area (Å²) >= 11 is 0. The van der Waals surface area contributed by atoms with Crippen LogP contribution in [-0.4, -0.2) is 25.8 Å². The van der Waals surface area contributed by atoms with E-state index >= 15 is 0 Å². The lowest BCUT2D eigenvalue weighted by molar-refractivity contribution is 0.0691. The molecule has 0 saturated carbocycles. The standard InChI is InChI=1S/C21H15F3N4O3/c1-10(31-18-6-11-5-12(22)7-16(24)19(11)27-20(18)25)13-8-14(21(29)30)15(23)9-17(13)28-4-2-3-26-28/h2-10H,1H3,(H2,25,27)(H,29,30). The third-order valence-corrected chi connectivity index (χ3v) is 4.67. The number of ether oxygens (including phenoxy) is 1. The van der Waals surface area contributed by atoms with Gasteiger partial charge < -0.3 is 15.6 Å². The molecule has 0 aliphatic rings. The Labute approximate surface area is 173 Å². The fourth-order valence-electron chi connectivity index (χ4n) is 3.23. The highest BCUT2D eigenvalue weighted by Gasteiger charge is 2.22. The van der Waals surface area contributed by atoms with E-state index < -0.39 is 35.1 Å². The molecule has 1 unspecified atom stereocenters. The summed E-state index contributed by atoms with van der Waals surface area (Å²) in [5.74, 6) is -4.17. The summed E-state index contributed by atoms with van der Waals surface area (Å²) in [7, 11) is 0. The molecule has 4 aromatic rings. The monoisotopic (exact) mass is 428 g/mol. The van der Waals surface area contributed by atoms with Gasteiger partial charge in [0.2, 0.25) is 0 Å². The van der Waals surface area contributed by atoms with Gasteiger partial charge in [-0.2, -0.15) is 5.10 Å². The molecule has 2 aromatic heterocycles. The van der Waals surface area contributed by atoms with Crippen molar-refractivity contribution in [3.05, 3.63) is 77.4 Å². The van der Waals surface area contributed by atoms with Gasteiger partial charge in [-0.3, -0.25) is 0 Å². The number of nitrogens with zero attached hydrogens (tertiary/aromatic N) is 3. The quantitative estimate of drug-likeness (QED) is 0.492. The van der Waals surface area contributed by atoms with Gasteiger partial charge in [-0.05, 0) is 31.2 Å². The van der Waals surface area contributed by atoms with Crippen molar-refractivity contribution >= 4 is 22.7 Å². The van der Waals surface area contributed by atoms with Gasteiger partial charge in [-0.25, -0.2) is 27.6 Å². The van der Waals surface area contributed by atoms with Gasteiger partial charge in [0.15, 0.2) is 17.4 Å². The summed E-state index contributed by atoms with van der Waals surface area (Å²) < 4.78 is 49.1. The van der Waals surface area contributed by atoms with Crippen LogP contribution in [0.2, 0.25) is 0 Å². The van der Waals surface area contributed by atoms with Crippen molar-refractivity contribution in [3.63, 3.8) is 0 Å². The Morgan fingerprint density at radius 2 is 1.94 bits per heavy atom. The number of aromatic carboxylic acids is 1. The minimum Gasteiger partial charge on any atom is -0.482 e. The van der Waals surface area contributed by atoms with E-state index in [4.69, 9.17) is 10.5 Å². The van der Waals surface area contributed by atoms with Gasteiger partial charge in [0.25, 0.3) is 0 Å². The molecule has 31 heavy (non-hydrogen) atoms. The summed E-state index contributed by atoms with van der Waals surface area (Å²) in [5, 5.41) is 13.5. The molecule has 0 aliphatic carbocycles. The Balaban J connectivity index is 1.80. The van der Waals surface area contributed by atoms with E-state index in [1.807, 2.05) is 0 Å². The number of anilines is 1. The van der Waals surface area contributed by atoms with Crippen molar-refractivity contribution in [2.75, 3.05) is 5.73 Å². The second-order valence-corrected chi connectivity index (χ2v) is 6.74. The van der Waals surface area contributed by atoms with Crippen LogP contribution in [0.4, 0.5) is 19.0 Å². The lowest BCUT2D eigenvalue weighted by Gasteiger charge is -2.20. The summed E-state index contributed by atoms with van der Waals surface area (Å²) in [6.45, 7) is 1.58. The second kappa shape index (κ2) is 7.63. The maximum Gasteiger partial charge on any atom is 0.338 e. The highest BCUT2D eigenvalue weighted by atomic mass is 19.1. The molecule has 0 amide bonds. The van der Waals surface area contributed by atoms with E-state index in [2.05, 4.69) is 10.1 Å². The number of fused-ring (bicyclic) bond motifs is 1. The molecule has 2 aromatic carbocycles. The van der Waals surface area contributed by atoms with Crippen molar-refractivity contribution in [2.45, 2.75) is 13.0 Å². The SMILES string of the molecule is CC(Oc1cc2cc(F)cc(F)c2nc1N)c1cc(C(=O)O)c(F)cc1-n1cccn1. The number of carbonyl (C=O) groups is 1. The van der Waals surface area contributed by atoms with Gasteiger partial charge in [0.05, 0.1) is 11.3 Å². The Kier molecular flexibility index (Phi) is 4.97. The van der Waals surface area contributed by atoms with Crippen LogP contribution in [0.25, 0.3) is 16.6 Å². The first-order chi connectivity index (χ1) is 14.7. The number of nitrogen functional groups attached to an aromatic ring is 1. The van der Waals surface area contributed by atoms with Crippen molar-refractivity contribution < 1.29 is 27.8 Å². The maximum atomic E-state index is 14.3. The number of pyridine rings is 1. The van der Waals surface area contributed by atoms with Crippen LogP contribution < -0.4 is 10.5 Å². The predicted molar refractivity (Wildman–Crippen MR) is 106 cm³/mol. The van der Waals surface area contributed by atoms with Crippen LogP contribution in [0.5, 0.6) is 5.75 Å². The summed E-state index contributed by atoms with van der Waals surface area (Å²) in [6, 6.07) is 6.90. The normalized spacial score (nSPS) is 12.1. The first-order valence-corrected chi connectivity index (χ1v) is 9.03. The van der Waals surface area contributed by atoms with E-state index in [1.165, 1.54) is 16.9 Å². The Hall–Kier alpha value is -4.08. The molecule has 0 aliphatic heterocycles. The number of benzene rings is 2. The molecule has 0 spiro atoms. The fraction of sp³-hybridized carbons (Fsp3) is 0.0952. The molecule has 10 heteroatoms. The molecule has 1 atom stereocenters. The fourth-order valence-corrected chi connectivity index (χ4v) is 3.23. The Morgan fingerprint density at radius 3 is 2.61 bits per heavy atom. The van der Waals surface area contributed by atoms with Crippen molar-refractivity contribution in [1.29, 1.82) is 0 Å². The first-order valence-electron chi connectivity index (χ1n) is 9.03. The van der Waals surface area contributed by atoms with Gasteiger partial charge in [-0.1, -0.05) is 0 Å². The topological polar surface area (TPSA) is 103 Å². The van der Waals surface area contributed by atoms with Gasteiger partial charge >= 0.3 is 5.97 Å². The lowest BCUT2D eigenvalue weighted by Crippen LogP contribution is -2.13. The maximum absolute atomic E-state index is 14.3. The molecular weight excluding hydrogens is 413 g/mol. The number of hydrogen-bond acceptors (Lipinski definition) is 5. The average Bonchev–Trinajstić information content (AvgIpc) is 3.23.